The third-order valence-electron chi connectivity index (χ3n) is 5.34. The first-order valence-electron chi connectivity index (χ1n) is 9.45. The molecule has 0 spiro atoms. The third kappa shape index (κ3) is 4.41. The monoisotopic (exact) mass is 384 g/mol. The summed E-state index contributed by atoms with van der Waals surface area (Å²) in [5.74, 6) is -2.97. The van der Waals surface area contributed by atoms with Crippen LogP contribution in [0.15, 0.2) is 0 Å². The average Bonchev–Trinajstić information content (AvgIpc) is 3.55. The van der Waals surface area contributed by atoms with Crippen molar-refractivity contribution in [1.29, 1.82) is 0 Å². The van der Waals surface area contributed by atoms with E-state index in [1.807, 2.05) is 0 Å². The fraction of sp³-hybridized carbons (Fsp3) is 0.833. The van der Waals surface area contributed by atoms with Crippen molar-refractivity contribution in [3.8, 4) is 0 Å². The Morgan fingerprint density at radius 1 is 0.778 bits per heavy atom. The van der Waals surface area contributed by atoms with Crippen LogP contribution in [0.1, 0.15) is 25.7 Å². The van der Waals surface area contributed by atoms with Gasteiger partial charge in [-0.3, -0.25) is 14.4 Å². The van der Waals surface area contributed by atoms with Gasteiger partial charge >= 0.3 is 17.9 Å². The van der Waals surface area contributed by atoms with Gasteiger partial charge in [-0.1, -0.05) is 12.8 Å². The maximum atomic E-state index is 13.0. The molecule has 27 heavy (non-hydrogen) atoms. The predicted molar refractivity (Wildman–Crippen MR) is 86.5 cm³/mol. The standard InChI is InChI=1S/C18H24O9/c19-15(25-8-11-5-22-11)14-3-1-2-4-18(14,16(20)26-9-12-6-23-12)17(21)27-10-13-7-24-13/h11-14H,1-10H2. The van der Waals surface area contributed by atoms with Crippen molar-refractivity contribution in [2.24, 2.45) is 11.3 Å². The lowest BCUT2D eigenvalue weighted by molar-refractivity contribution is -0.188. The smallest absolute Gasteiger partial charge is 0.324 e. The first-order valence-corrected chi connectivity index (χ1v) is 9.45. The maximum absolute atomic E-state index is 13.0. The number of esters is 3. The molecule has 1 aliphatic carbocycles. The minimum Gasteiger partial charge on any atom is -0.463 e. The molecule has 4 atom stereocenters. The van der Waals surface area contributed by atoms with Gasteiger partial charge in [0.25, 0.3) is 0 Å². The fourth-order valence-electron chi connectivity index (χ4n) is 3.43. The molecule has 0 aromatic rings. The average molecular weight is 384 g/mol. The number of epoxide rings is 3. The third-order valence-corrected chi connectivity index (χ3v) is 5.34. The highest BCUT2D eigenvalue weighted by molar-refractivity contribution is 6.04. The van der Waals surface area contributed by atoms with E-state index in [4.69, 9.17) is 28.4 Å². The number of carbonyl (C=O) groups excluding carboxylic acids is 3. The summed E-state index contributed by atoms with van der Waals surface area (Å²) >= 11 is 0. The Labute approximate surface area is 156 Å². The molecule has 0 radical (unpaired) electrons. The van der Waals surface area contributed by atoms with Gasteiger partial charge < -0.3 is 28.4 Å². The minimum atomic E-state index is -1.68. The van der Waals surface area contributed by atoms with Crippen molar-refractivity contribution in [2.75, 3.05) is 39.6 Å². The zero-order valence-electron chi connectivity index (χ0n) is 15.1. The van der Waals surface area contributed by atoms with Crippen LogP contribution in [0.2, 0.25) is 0 Å². The van der Waals surface area contributed by atoms with E-state index in [0.29, 0.717) is 32.7 Å². The second-order valence-corrected chi connectivity index (χ2v) is 7.46. The van der Waals surface area contributed by atoms with E-state index >= 15 is 0 Å². The molecule has 0 aromatic heterocycles. The van der Waals surface area contributed by atoms with E-state index in [1.165, 1.54) is 0 Å². The molecule has 9 nitrogen and oxygen atoms in total. The van der Waals surface area contributed by atoms with Crippen molar-refractivity contribution in [3.05, 3.63) is 0 Å². The van der Waals surface area contributed by atoms with Crippen molar-refractivity contribution < 1.29 is 42.8 Å². The Morgan fingerprint density at radius 3 is 1.74 bits per heavy atom. The molecule has 150 valence electrons. The van der Waals surface area contributed by atoms with Crippen LogP contribution in [-0.4, -0.2) is 75.9 Å². The van der Waals surface area contributed by atoms with Crippen LogP contribution in [0.5, 0.6) is 0 Å². The zero-order valence-corrected chi connectivity index (χ0v) is 15.1. The highest BCUT2D eigenvalue weighted by Gasteiger charge is 2.59. The Balaban J connectivity index is 1.50. The first-order chi connectivity index (χ1) is 13.1. The molecule has 0 amide bonds. The fourth-order valence-corrected chi connectivity index (χ4v) is 3.43. The summed E-state index contributed by atoms with van der Waals surface area (Å²) in [4.78, 5) is 38.7. The van der Waals surface area contributed by atoms with Crippen molar-refractivity contribution in [3.63, 3.8) is 0 Å². The van der Waals surface area contributed by atoms with Gasteiger partial charge in [-0.2, -0.15) is 0 Å². The van der Waals surface area contributed by atoms with Crippen LogP contribution >= 0.6 is 0 Å². The highest BCUT2D eigenvalue weighted by atomic mass is 16.6. The number of carbonyl (C=O) groups is 3. The van der Waals surface area contributed by atoms with E-state index in [1.54, 1.807) is 0 Å². The number of hydrogen-bond acceptors (Lipinski definition) is 9. The minimum absolute atomic E-state index is 0.0667. The van der Waals surface area contributed by atoms with Crippen LogP contribution in [0.25, 0.3) is 0 Å². The van der Waals surface area contributed by atoms with Crippen molar-refractivity contribution in [1.82, 2.24) is 0 Å². The quantitative estimate of drug-likeness (QED) is 0.234. The largest absolute Gasteiger partial charge is 0.463 e. The van der Waals surface area contributed by atoms with E-state index in [0.717, 1.165) is 6.42 Å². The van der Waals surface area contributed by atoms with Crippen molar-refractivity contribution in [2.45, 2.75) is 44.0 Å². The van der Waals surface area contributed by atoms with Gasteiger partial charge in [0, 0.05) is 0 Å². The van der Waals surface area contributed by atoms with E-state index < -0.39 is 29.2 Å². The molecule has 4 unspecified atom stereocenters. The maximum Gasteiger partial charge on any atom is 0.324 e. The molecule has 0 aromatic carbocycles. The molecular formula is C18H24O9. The van der Waals surface area contributed by atoms with E-state index in [9.17, 15) is 14.4 Å². The van der Waals surface area contributed by atoms with Gasteiger partial charge in [-0.05, 0) is 12.8 Å². The van der Waals surface area contributed by atoms with Crippen LogP contribution < -0.4 is 0 Å². The van der Waals surface area contributed by atoms with E-state index in [2.05, 4.69) is 0 Å². The zero-order chi connectivity index (χ0) is 18.9. The summed E-state index contributed by atoms with van der Waals surface area (Å²) in [6, 6.07) is 0. The molecular weight excluding hydrogens is 360 g/mol. The molecule has 4 rings (SSSR count). The van der Waals surface area contributed by atoms with Gasteiger partial charge in [0.2, 0.25) is 0 Å². The molecule has 9 heteroatoms. The summed E-state index contributed by atoms with van der Waals surface area (Å²) in [6.07, 6.45) is 1.55. The topological polar surface area (TPSA) is 116 Å². The molecule has 0 N–H and O–H groups in total. The lowest BCUT2D eigenvalue weighted by atomic mass is 9.66. The highest BCUT2D eigenvalue weighted by Crippen LogP contribution is 2.45. The summed E-state index contributed by atoms with van der Waals surface area (Å²) in [7, 11) is 0. The number of hydrogen-bond donors (Lipinski definition) is 0. The second-order valence-electron chi connectivity index (χ2n) is 7.46. The first kappa shape index (κ1) is 18.6. The molecule has 3 saturated heterocycles. The number of rotatable bonds is 9. The lowest BCUT2D eigenvalue weighted by Gasteiger charge is -2.38. The molecule has 3 aliphatic heterocycles. The molecule has 4 aliphatic rings. The summed E-state index contributed by atoms with van der Waals surface area (Å²) < 4.78 is 31.2. The van der Waals surface area contributed by atoms with Crippen LogP contribution in [0, 0.1) is 11.3 Å². The Morgan fingerprint density at radius 2 is 1.26 bits per heavy atom. The van der Waals surface area contributed by atoms with Crippen LogP contribution in [0.4, 0.5) is 0 Å². The lowest BCUT2D eigenvalue weighted by Crippen LogP contribution is -2.53. The van der Waals surface area contributed by atoms with Crippen molar-refractivity contribution >= 4 is 17.9 Å². The molecule has 1 saturated carbocycles. The van der Waals surface area contributed by atoms with Gasteiger partial charge in [0.05, 0.1) is 25.7 Å². The van der Waals surface area contributed by atoms with Crippen LogP contribution in [-0.2, 0) is 42.8 Å². The summed E-state index contributed by atoms with van der Waals surface area (Å²) in [5.41, 5.74) is -1.68. The van der Waals surface area contributed by atoms with Crippen LogP contribution in [0.3, 0.4) is 0 Å². The van der Waals surface area contributed by atoms with E-state index in [-0.39, 0.29) is 44.6 Å². The Hall–Kier alpha value is -1.71. The molecule has 4 fully saturated rings. The van der Waals surface area contributed by atoms with Gasteiger partial charge in [-0.15, -0.1) is 0 Å². The number of ether oxygens (including phenoxy) is 6. The second kappa shape index (κ2) is 7.73. The summed E-state index contributed by atoms with van der Waals surface area (Å²) in [6.45, 7) is 1.86. The Kier molecular flexibility index (Phi) is 5.34. The van der Waals surface area contributed by atoms with Gasteiger partial charge in [-0.25, -0.2) is 0 Å². The van der Waals surface area contributed by atoms with Gasteiger partial charge in [0.1, 0.15) is 38.1 Å². The van der Waals surface area contributed by atoms with Gasteiger partial charge in [0.15, 0.2) is 5.41 Å². The molecule has 0 bridgehead atoms. The summed E-state index contributed by atoms with van der Waals surface area (Å²) in [5, 5.41) is 0. The SMILES string of the molecule is O=C(OCC1CO1)C1CCCCC1(C(=O)OCC1CO1)C(=O)OCC1CO1. The molecule has 3 heterocycles. The normalized spacial score (nSPS) is 36.4. The Bertz CT molecular complexity index is 564. The predicted octanol–water partition coefficient (Wildman–Crippen LogP) is -0.0110.